The molecule has 0 radical (unpaired) electrons. The summed E-state index contributed by atoms with van der Waals surface area (Å²) in [6.07, 6.45) is 1.70. The molecule has 0 aliphatic heterocycles. The first-order valence-corrected chi connectivity index (χ1v) is 12.0. The van der Waals surface area contributed by atoms with Crippen LogP contribution >= 0.6 is 11.8 Å². The van der Waals surface area contributed by atoms with Crippen LogP contribution < -0.4 is 10.6 Å². The first kappa shape index (κ1) is 23.5. The van der Waals surface area contributed by atoms with Gasteiger partial charge in [0.05, 0.1) is 11.3 Å². The van der Waals surface area contributed by atoms with E-state index in [2.05, 4.69) is 20.8 Å². The zero-order valence-electron chi connectivity index (χ0n) is 19.7. The Hall–Kier alpha value is -3.65. The normalized spacial score (nSPS) is 10.9. The number of anilines is 1. The molecule has 0 bridgehead atoms. The SMILES string of the molecule is Cc1ccc(CNC(=O)c2ccc3nnc(SCC(=O)Nc4c(C)cc(C)cc4C)n3c2)cc1. The number of rotatable bonds is 7. The number of thioether (sulfide) groups is 1. The Kier molecular flexibility index (Phi) is 6.98. The third kappa shape index (κ3) is 5.46. The average molecular weight is 474 g/mol. The number of hydrogen-bond donors (Lipinski definition) is 2. The summed E-state index contributed by atoms with van der Waals surface area (Å²) in [7, 11) is 0. The number of benzene rings is 2. The van der Waals surface area contributed by atoms with Crippen molar-refractivity contribution in [2.45, 2.75) is 39.4 Å². The summed E-state index contributed by atoms with van der Waals surface area (Å²) in [5.74, 6) is -0.129. The standard InChI is InChI=1S/C26H27N5O2S/c1-16-5-7-20(8-6-16)13-27-25(33)21-9-10-22-29-30-26(31(22)14-21)34-15-23(32)28-24-18(3)11-17(2)12-19(24)4/h5-12,14H,13,15H2,1-4H3,(H,27,33)(H,28,32). The van der Waals surface area contributed by atoms with Gasteiger partial charge in [-0.15, -0.1) is 10.2 Å². The maximum absolute atomic E-state index is 12.7. The summed E-state index contributed by atoms with van der Waals surface area (Å²) >= 11 is 1.28. The lowest BCUT2D eigenvalue weighted by atomic mass is 10.1. The fourth-order valence-electron chi connectivity index (χ4n) is 3.78. The minimum atomic E-state index is -0.185. The van der Waals surface area contributed by atoms with Crippen LogP contribution in [-0.4, -0.2) is 32.2 Å². The van der Waals surface area contributed by atoms with Gasteiger partial charge >= 0.3 is 0 Å². The van der Waals surface area contributed by atoms with Crippen LogP contribution in [0.4, 0.5) is 5.69 Å². The lowest BCUT2D eigenvalue weighted by molar-refractivity contribution is -0.113. The lowest BCUT2D eigenvalue weighted by Gasteiger charge is -2.12. The van der Waals surface area contributed by atoms with Crippen LogP contribution in [0.1, 0.15) is 38.2 Å². The molecule has 2 heterocycles. The summed E-state index contributed by atoms with van der Waals surface area (Å²) in [5.41, 5.74) is 7.39. The van der Waals surface area contributed by atoms with E-state index in [1.54, 1.807) is 22.7 Å². The van der Waals surface area contributed by atoms with Crippen molar-refractivity contribution >= 4 is 34.9 Å². The van der Waals surface area contributed by atoms with Crippen LogP contribution in [0.5, 0.6) is 0 Å². The highest BCUT2D eigenvalue weighted by atomic mass is 32.2. The van der Waals surface area contributed by atoms with E-state index in [1.807, 2.05) is 64.1 Å². The molecule has 7 nitrogen and oxygen atoms in total. The van der Waals surface area contributed by atoms with Crippen LogP contribution in [-0.2, 0) is 11.3 Å². The van der Waals surface area contributed by atoms with E-state index in [-0.39, 0.29) is 17.6 Å². The zero-order valence-corrected chi connectivity index (χ0v) is 20.5. The Bertz CT molecular complexity index is 1340. The third-order valence-corrected chi connectivity index (χ3v) is 6.42. The molecule has 2 aromatic heterocycles. The summed E-state index contributed by atoms with van der Waals surface area (Å²) in [6, 6.07) is 15.6. The van der Waals surface area contributed by atoms with Gasteiger partial charge in [0, 0.05) is 18.4 Å². The topological polar surface area (TPSA) is 88.4 Å². The van der Waals surface area contributed by atoms with Gasteiger partial charge in [-0.3, -0.25) is 14.0 Å². The highest BCUT2D eigenvalue weighted by molar-refractivity contribution is 7.99. The minimum Gasteiger partial charge on any atom is -0.348 e. The van der Waals surface area contributed by atoms with E-state index in [0.717, 1.165) is 27.9 Å². The van der Waals surface area contributed by atoms with Gasteiger partial charge in [-0.05, 0) is 56.5 Å². The van der Waals surface area contributed by atoms with Crippen molar-refractivity contribution in [3.8, 4) is 0 Å². The largest absolute Gasteiger partial charge is 0.348 e. The molecule has 34 heavy (non-hydrogen) atoms. The summed E-state index contributed by atoms with van der Waals surface area (Å²) in [6.45, 7) is 8.48. The maximum Gasteiger partial charge on any atom is 0.253 e. The number of carbonyl (C=O) groups is 2. The monoisotopic (exact) mass is 473 g/mol. The molecule has 2 amide bonds. The molecule has 0 unspecified atom stereocenters. The van der Waals surface area contributed by atoms with E-state index in [9.17, 15) is 9.59 Å². The van der Waals surface area contributed by atoms with Crippen LogP contribution in [0.2, 0.25) is 0 Å². The number of amides is 2. The number of pyridine rings is 1. The maximum atomic E-state index is 12.7. The van der Waals surface area contributed by atoms with E-state index < -0.39 is 0 Å². The second kappa shape index (κ2) is 10.1. The number of fused-ring (bicyclic) bond motifs is 1. The molecular weight excluding hydrogens is 446 g/mol. The molecule has 0 saturated carbocycles. The summed E-state index contributed by atoms with van der Waals surface area (Å²) < 4.78 is 1.74. The molecule has 0 atom stereocenters. The minimum absolute atomic E-state index is 0.121. The molecule has 0 saturated heterocycles. The van der Waals surface area contributed by atoms with Gasteiger partial charge in [0.1, 0.15) is 0 Å². The fraction of sp³-hybridized carbons (Fsp3) is 0.231. The Balaban J connectivity index is 1.41. The predicted molar refractivity (Wildman–Crippen MR) is 135 cm³/mol. The zero-order chi connectivity index (χ0) is 24.2. The Morgan fingerprint density at radius 3 is 2.32 bits per heavy atom. The molecule has 4 rings (SSSR count). The Morgan fingerprint density at radius 1 is 0.912 bits per heavy atom. The van der Waals surface area contributed by atoms with Gasteiger partial charge in [0.15, 0.2) is 10.8 Å². The van der Waals surface area contributed by atoms with Crippen molar-refractivity contribution in [2.75, 3.05) is 11.1 Å². The second-order valence-corrected chi connectivity index (χ2v) is 9.35. The number of aromatic nitrogens is 3. The highest BCUT2D eigenvalue weighted by Crippen LogP contribution is 2.23. The van der Waals surface area contributed by atoms with Crippen LogP contribution in [0.15, 0.2) is 59.9 Å². The highest BCUT2D eigenvalue weighted by Gasteiger charge is 2.14. The number of hydrogen-bond acceptors (Lipinski definition) is 5. The first-order chi connectivity index (χ1) is 16.3. The number of aryl methyl sites for hydroxylation is 4. The average Bonchev–Trinajstić information content (AvgIpc) is 3.21. The summed E-state index contributed by atoms with van der Waals surface area (Å²) in [4.78, 5) is 25.3. The smallest absolute Gasteiger partial charge is 0.253 e. The van der Waals surface area contributed by atoms with Gasteiger partial charge in [-0.2, -0.15) is 0 Å². The summed E-state index contributed by atoms with van der Waals surface area (Å²) in [5, 5.41) is 14.8. The van der Waals surface area contributed by atoms with E-state index in [0.29, 0.717) is 22.9 Å². The number of carbonyl (C=O) groups excluding carboxylic acids is 2. The molecule has 0 aliphatic rings. The van der Waals surface area contributed by atoms with Gasteiger partial charge in [-0.1, -0.05) is 59.3 Å². The molecule has 0 spiro atoms. The van der Waals surface area contributed by atoms with Crippen LogP contribution in [0.25, 0.3) is 5.65 Å². The van der Waals surface area contributed by atoms with Crippen molar-refractivity contribution < 1.29 is 9.59 Å². The first-order valence-electron chi connectivity index (χ1n) is 11.0. The van der Waals surface area contributed by atoms with Crippen molar-refractivity contribution in [3.63, 3.8) is 0 Å². The van der Waals surface area contributed by atoms with Crippen molar-refractivity contribution in [3.05, 3.63) is 88.1 Å². The Labute approximate surface area is 203 Å². The molecule has 0 fully saturated rings. The third-order valence-electron chi connectivity index (χ3n) is 5.48. The van der Waals surface area contributed by atoms with Gasteiger partial charge in [0.25, 0.3) is 5.91 Å². The quantitative estimate of drug-likeness (QED) is 0.382. The van der Waals surface area contributed by atoms with E-state index in [1.165, 1.54) is 17.3 Å². The molecule has 2 aromatic carbocycles. The Morgan fingerprint density at radius 2 is 1.62 bits per heavy atom. The van der Waals surface area contributed by atoms with Crippen molar-refractivity contribution in [1.29, 1.82) is 0 Å². The van der Waals surface area contributed by atoms with Crippen molar-refractivity contribution in [1.82, 2.24) is 19.9 Å². The molecule has 0 aliphatic carbocycles. The van der Waals surface area contributed by atoms with E-state index in [4.69, 9.17) is 0 Å². The van der Waals surface area contributed by atoms with Gasteiger partial charge in [-0.25, -0.2) is 0 Å². The lowest BCUT2D eigenvalue weighted by Crippen LogP contribution is -2.23. The van der Waals surface area contributed by atoms with Crippen molar-refractivity contribution in [2.24, 2.45) is 0 Å². The molecule has 174 valence electrons. The predicted octanol–water partition coefficient (Wildman–Crippen LogP) is 4.62. The fourth-order valence-corrected chi connectivity index (χ4v) is 4.49. The molecule has 4 aromatic rings. The second-order valence-electron chi connectivity index (χ2n) is 8.41. The van der Waals surface area contributed by atoms with Crippen LogP contribution in [0, 0.1) is 27.7 Å². The molecule has 2 N–H and O–H groups in total. The molecule has 8 heteroatoms. The van der Waals surface area contributed by atoms with Gasteiger partial charge in [0.2, 0.25) is 5.91 Å². The van der Waals surface area contributed by atoms with E-state index >= 15 is 0 Å². The number of nitrogens with zero attached hydrogens (tertiary/aromatic N) is 3. The van der Waals surface area contributed by atoms with Gasteiger partial charge < -0.3 is 10.6 Å². The van der Waals surface area contributed by atoms with Crippen LogP contribution in [0.3, 0.4) is 0 Å². The molecular formula is C26H27N5O2S. The number of nitrogens with one attached hydrogen (secondary N) is 2.